The molecular weight excluding hydrogens is 406 g/mol. The van der Waals surface area contributed by atoms with Crippen LogP contribution in [0.4, 0.5) is 0 Å². The number of methoxy groups -OCH3 is 1. The van der Waals surface area contributed by atoms with Crippen molar-refractivity contribution in [2.45, 2.75) is 64.1 Å². The van der Waals surface area contributed by atoms with E-state index in [0.717, 1.165) is 49.2 Å². The summed E-state index contributed by atoms with van der Waals surface area (Å²) in [4.78, 5) is 2.10. The van der Waals surface area contributed by atoms with Gasteiger partial charge in [-0.25, -0.2) is 0 Å². The Labute approximate surface area is 191 Å². The Morgan fingerprint density at radius 3 is 2.56 bits per heavy atom. The van der Waals surface area contributed by atoms with E-state index < -0.39 is 6.23 Å². The maximum absolute atomic E-state index is 11.1. The van der Waals surface area contributed by atoms with Crippen molar-refractivity contribution < 1.29 is 24.1 Å². The van der Waals surface area contributed by atoms with Gasteiger partial charge in [-0.05, 0) is 44.5 Å². The third-order valence-electron chi connectivity index (χ3n) is 6.42. The summed E-state index contributed by atoms with van der Waals surface area (Å²) in [7, 11) is 1.62. The molecule has 32 heavy (non-hydrogen) atoms. The van der Waals surface area contributed by atoms with Crippen LogP contribution in [0.5, 0.6) is 17.2 Å². The van der Waals surface area contributed by atoms with Crippen LogP contribution >= 0.6 is 0 Å². The van der Waals surface area contributed by atoms with E-state index in [1.807, 2.05) is 57.2 Å². The number of aliphatic hydroxyl groups excluding tert-OH is 1. The molecule has 2 aromatic rings. The lowest BCUT2D eigenvalue weighted by Gasteiger charge is -2.47. The second kappa shape index (κ2) is 9.69. The molecule has 1 saturated heterocycles. The van der Waals surface area contributed by atoms with E-state index in [9.17, 15) is 5.11 Å². The average Bonchev–Trinajstić information content (AvgIpc) is 2.79. The fraction of sp³-hybridized carbons (Fsp3) is 0.538. The molecule has 1 spiro atoms. The van der Waals surface area contributed by atoms with Gasteiger partial charge >= 0.3 is 0 Å². The first-order chi connectivity index (χ1) is 15.4. The van der Waals surface area contributed by atoms with Crippen molar-refractivity contribution in [3.8, 4) is 17.2 Å². The van der Waals surface area contributed by atoms with E-state index in [2.05, 4.69) is 11.0 Å². The normalized spacial score (nSPS) is 21.1. The largest absolute Gasteiger partial charge is 0.493 e. The van der Waals surface area contributed by atoms with Crippen LogP contribution in [0.3, 0.4) is 0 Å². The summed E-state index contributed by atoms with van der Waals surface area (Å²) in [5.74, 6) is 2.25. The summed E-state index contributed by atoms with van der Waals surface area (Å²) in [6, 6.07) is 13.8. The highest BCUT2D eigenvalue weighted by molar-refractivity contribution is 5.43. The zero-order valence-corrected chi connectivity index (χ0v) is 19.5. The summed E-state index contributed by atoms with van der Waals surface area (Å²) < 4.78 is 23.9. The van der Waals surface area contributed by atoms with Crippen molar-refractivity contribution in [3.05, 3.63) is 53.6 Å². The molecule has 4 rings (SSSR count). The molecule has 0 aliphatic carbocycles. The van der Waals surface area contributed by atoms with Gasteiger partial charge < -0.3 is 24.1 Å². The average molecular weight is 442 g/mol. The van der Waals surface area contributed by atoms with Gasteiger partial charge in [0.1, 0.15) is 17.6 Å². The topological polar surface area (TPSA) is 60.4 Å². The Hall–Kier alpha value is -2.28. The van der Waals surface area contributed by atoms with Gasteiger partial charge in [0.2, 0.25) is 0 Å². The predicted molar refractivity (Wildman–Crippen MR) is 123 cm³/mol. The van der Waals surface area contributed by atoms with Crippen LogP contribution in [0.2, 0.25) is 0 Å². The molecule has 2 atom stereocenters. The van der Waals surface area contributed by atoms with Gasteiger partial charge in [0.15, 0.2) is 11.5 Å². The molecule has 6 nitrogen and oxygen atoms in total. The highest BCUT2D eigenvalue weighted by atomic mass is 16.5. The highest BCUT2D eigenvalue weighted by Crippen LogP contribution is 2.46. The summed E-state index contributed by atoms with van der Waals surface area (Å²) in [6.07, 6.45) is 1.93. The maximum Gasteiger partial charge on any atom is 0.161 e. The minimum absolute atomic E-state index is 0.0547. The quantitative estimate of drug-likeness (QED) is 0.662. The summed E-state index contributed by atoms with van der Waals surface area (Å²) in [5.41, 5.74) is 1.69. The first-order valence-corrected chi connectivity index (χ1v) is 11.6. The molecular formula is C26H35NO5. The van der Waals surface area contributed by atoms with E-state index in [-0.39, 0.29) is 17.8 Å². The third-order valence-corrected chi connectivity index (χ3v) is 6.42. The van der Waals surface area contributed by atoms with Crippen molar-refractivity contribution in [3.63, 3.8) is 0 Å². The number of nitrogens with zero attached hydrogens (tertiary/aromatic N) is 1. The Morgan fingerprint density at radius 1 is 1.12 bits per heavy atom. The Balaban J connectivity index is 1.45. The maximum atomic E-state index is 11.1. The molecule has 0 amide bonds. The molecule has 6 heteroatoms. The molecule has 2 unspecified atom stereocenters. The van der Waals surface area contributed by atoms with Crippen LogP contribution in [-0.2, 0) is 4.74 Å². The van der Waals surface area contributed by atoms with Crippen LogP contribution in [-0.4, -0.2) is 48.5 Å². The monoisotopic (exact) mass is 441 g/mol. The minimum atomic E-state index is -0.701. The van der Waals surface area contributed by atoms with Gasteiger partial charge in [-0.3, -0.25) is 4.90 Å². The van der Waals surface area contributed by atoms with E-state index in [0.29, 0.717) is 18.1 Å². The van der Waals surface area contributed by atoms with Crippen LogP contribution in [0.1, 0.15) is 63.5 Å². The molecule has 1 fully saturated rings. The Morgan fingerprint density at radius 2 is 1.88 bits per heavy atom. The van der Waals surface area contributed by atoms with E-state index >= 15 is 0 Å². The van der Waals surface area contributed by atoms with E-state index in [1.165, 1.54) is 0 Å². The third kappa shape index (κ3) is 4.72. The molecule has 0 saturated carbocycles. The fourth-order valence-corrected chi connectivity index (χ4v) is 4.80. The lowest BCUT2D eigenvalue weighted by atomic mass is 9.81. The van der Waals surface area contributed by atoms with Gasteiger partial charge in [0.05, 0.1) is 19.3 Å². The lowest BCUT2D eigenvalue weighted by molar-refractivity contribution is -0.0995. The summed E-state index contributed by atoms with van der Waals surface area (Å²) in [5, 5.41) is 11.1. The van der Waals surface area contributed by atoms with E-state index in [1.54, 1.807) is 7.11 Å². The van der Waals surface area contributed by atoms with Crippen molar-refractivity contribution in [2.75, 3.05) is 26.8 Å². The molecule has 1 N–H and O–H groups in total. The van der Waals surface area contributed by atoms with E-state index in [4.69, 9.17) is 18.9 Å². The number of fused-ring (bicyclic) bond motifs is 1. The molecule has 0 radical (unpaired) electrons. The Kier molecular flexibility index (Phi) is 6.93. The molecule has 2 aromatic carbocycles. The van der Waals surface area contributed by atoms with Crippen LogP contribution in [0.25, 0.3) is 0 Å². The van der Waals surface area contributed by atoms with Crippen LogP contribution in [0, 0.1) is 0 Å². The lowest BCUT2D eigenvalue weighted by Crippen LogP contribution is -2.51. The first-order valence-electron chi connectivity index (χ1n) is 11.6. The van der Waals surface area contributed by atoms with Crippen molar-refractivity contribution in [2.24, 2.45) is 0 Å². The number of likely N-dealkylation sites (tertiary alicyclic amines) is 1. The zero-order chi connectivity index (χ0) is 22.7. The van der Waals surface area contributed by atoms with Gasteiger partial charge in [-0.2, -0.15) is 0 Å². The number of ether oxygens (including phenoxy) is 4. The molecule has 174 valence electrons. The van der Waals surface area contributed by atoms with Gasteiger partial charge in [-0.15, -0.1) is 0 Å². The molecule has 2 heterocycles. The number of aliphatic hydroxyl groups is 1. The number of rotatable bonds is 7. The van der Waals surface area contributed by atoms with Crippen molar-refractivity contribution in [1.82, 2.24) is 4.90 Å². The van der Waals surface area contributed by atoms with Crippen LogP contribution in [0.15, 0.2) is 42.5 Å². The highest BCUT2D eigenvalue weighted by Gasteiger charge is 2.44. The van der Waals surface area contributed by atoms with Crippen molar-refractivity contribution >= 4 is 0 Å². The SMILES string of the molecule is CCOC1CC2(CCN(C(O)c3ccc(OC(C)C)c(OC)c3)CC2)Oc2ccccc21. The number of benzene rings is 2. The number of piperidine rings is 1. The standard InChI is InChI=1S/C26H35NO5/c1-5-30-24-17-26(32-21-9-7-6-8-20(21)24)12-14-27(15-13-26)25(28)19-10-11-22(31-18(2)3)23(16-19)29-4/h6-11,16,18,24-25,28H,5,12-15,17H2,1-4H3. The second-order valence-corrected chi connectivity index (χ2v) is 8.96. The molecule has 0 bridgehead atoms. The van der Waals surface area contributed by atoms with Gasteiger partial charge in [-0.1, -0.05) is 24.3 Å². The minimum Gasteiger partial charge on any atom is -0.493 e. The summed E-state index contributed by atoms with van der Waals surface area (Å²) in [6.45, 7) is 8.17. The fourth-order valence-electron chi connectivity index (χ4n) is 4.80. The summed E-state index contributed by atoms with van der Waals surface area (Å²) >= 11 is 0. The van der Waals surface area contributed by atoms with Gasteiger partial charge in [0, 0.05) is 44.5 Å². The molecule has 2 aliphatic rings. The Bertz CT molecular complexity index is 907. The van der Waals surface area contributed by atoms with Crippen molar-refractivity contribution in [1.29, 1.82) is 0 Å². The number of hydrogen-bond acceptors (Lipinski definition) is 6. The smallest absolute Gasteiger partial charge is 0.161 e. The van der Waals surface area contributed by atoms with Gasteiger partial charge in [0.25, 0.3) is 0 Å². The predicted octanol–water partition coefficient (Wildman–Crippen LogP) is 4.87. The molecule has 2 aliphatic heterocycles. The number of para-hydroxylation sites is 1. The number of hydrogen-bond donors (Lipinski definition) is 1. The first kappa shape index (κ1) is 22.9. The second-order valence-electron chi connectivity index (χ2n) is 8.96. The molecule has 0 aromatic heterocycles. The zero-order valence-electron chi connectivity index (χ0n) is 19.5. The van der Waals surface area contributed by atoms with Crippen LogP contribution < -0.4 is 14.2 Å².